The molecule has 0 spiro atoms. The Balaban J connectivity index is 1.12. The number of sulfonamides is 1. The van der Waals surface area contributed by atoms with E-state index in [1.54, 1.807) is 23.6 Å². The summed E-state index contributed by atoms with van der Waals surface area (Å²) in [6, 6.07) is 7.84. The van der Waals surface area contributed by atoms with E-state index in [2.05, 4.69) is 4.98 Å². The molecule has 2 aliphatic heterocycles. The van der Waals surface area contributed by atoms with Crippen LogP contribution in [0.2, 0.25) is 0 Å². The molecule has 0 N–H and O–H groups in total. The number of thiophene rings is 1. The highest BCUT2D eigenvalue weighted by molar-refractivity contribution is 7.91. The monoisotopic (exact) mass is 509 g/mol. The third-order valence-corrected chi connectivity index (χ3v) is 10.4. The van der Waals surface area contributed by atoms with Gasteiger partial charge in [-0.1, -0.05) is 17.4 Å². The van der Waals surface area contributed by atoms with E-state index in [-0.39, 0.29) is 23.7 Å². The number of carbonyl (C=O) groups excluding carboxylic acids is 1. The van der Waals surface area contributed by atoms with Crippen molar-refractivity contribution in [3.63, 3.8) is 0 Å². The molecule has 1 amide bonds. The Morgan fingerprint density at radius 2 is 1.85 bits per heavy atom. The van der Waals surface area contributed by atoms with Gasteiger partial charge in [-0.15, -0.1) is 11.3 Å². The number of aromatic nitrogens is 1. The van der Waals surface area contributed by atoms with Crippen molar-refractivity contribution in [3.8, 4) is 5.19 Å². The van der Waals surface area contributed by atoms with E-state index in [1.807, 2.05) is 4.90 Å². The zero-order chi connectivity index (χ0) is 23.0. The normalized spacial score (nSPS) is 19.2. The summed E-state index contributed by atoms with van der Waals surface area (Å²) in [6.07, 6.45) is 2.48. The first-order chi connectivity index (χ1) is 15.9. The fourth-order valence-corrected chi connectivity index (χ4v) is 7.92. The molecule has 2 fully saturated rings. The van der Waals surface area contributed by atoms with Crippen molar-refractivity contribution in [2.45, 2.75) is 36.0 Å². The predicted molar refractivity (Wildman–Crippen MR) is 126 cm³/mol. The Bertz CT molecular complexity index is 1230. The molecule has 4 heterocycles. The van der Waals surface area contributed by atoms with Gasteiger partial charge >= 0.3 is 0 Å². The predicted octanol–water partition coefficient (Wildman–Crippen LogP) is 3.97. The molecule has 7 nitrogen and oxygen atoms in total. The molecule has 0 bridgehead atoms. The molecular formula is C22H24FN3O4S3. The average Bonchev–Trinajstić information content (AvgIpc) is 3.49. The lowest BCUT2D eigenvalue weighted by Gasteiger charge is -2.36. The molecule has 2 aliphatic rings. The van der Waals surface area contributed by atoms with Crippen molar-refractivity contribution < 1.29 is 22.3 Å². The summed E-state index contributed by atoms with van der Waals surface area (Å²) < 4.78 is 47.4. The molecule has 0 atom stereocenters. The molecule has 3 aromatic rings. The van der Waals surface area contributed by atoms with Crippen molar-refractivity contribution in [2.75, 3.05) is 26.2 Å². The number of likely N-dealkylation sites (tertiary alicyclic amines) is 1. The number of amides is 1. The van der Waals surface area contributed by atoms with Gasteiger partial charge in [0.1, 0.15) is 16.1 Å². The summed E-state index contributed by atoms with van der Waals surface area (Å²) in [5, 5.41) is 2.28. The lowest BCUT2D eigenvalue weighted by atomic mass is 9.95. The highest BCUT2D eigenvalue weighted by Crippen LogP contribution is 2.31. The number of hydrogen-bond donors (Lipinski definition) is 0. The van der Waals surface area contributed by atoms with Crippen molar-refractivity contribution in [2.24, 2.45) is 5.92 Å². The molecular weight excluding hydrogens is 485 g/mol. The molecule has 176 valence electrons. The van der Waals surface area contributed by atoms with E-state index in [0.717, 1.165) is 10.2 Å². The number of carbonyl (C=O) groups is 1. The summed E-state index contributed by atoms with van der Waals surface area (Å²) in [7, 11) is -3.46. The molecule has 2 aromatic heterocycles. The van der Waals surface area contributed by atoms with E-state index in [4.69, 9.17) is 4.74 Å². The van der Waals surface area contributed by atoms with Gasteiger partial charge in [-0.05, 0) is 42.5 Å². The number of piperidine rings is 2. The van der Waals surface area contributed by atoms with Gasteiger partial charge in [0.25, 0.3) is 15.2 Å². The zero-order valence-corrected chi connectivity index (χ0v) is 20.3. The van der Waals surface area contributed by atoms with Gasteiger partial charge in [-0.25, -0.2) is 17.8 Å². The smallest absolute Gasteiger partial charge is 0.274 e. The van der Waals surface area contributed by atoms with Gasteiger partial charge in [0.2, 0.25) is 5.91 Å². The van der Waals surface area contributed by atoms with Crippen molar-refractivity contribution in [1.29, 1.82) is 0 Å². The summed E-state index contributed by atoms with van der Waals surface area (Å²) in [5.41, 5.74) is 0.719. The topological polar surface area (TPSA) is 79.8 Å². The molecule has 0 unspecified atom stereocenters. The van der Waals surface area contributed by atoms with E-state index in [0.29, 0.717) is 61.3 Å². The fraction of sp³-hybridized carbons (Fsp3) is 0.455. The number of hydrogen-bond acceptors (Lipinski definition) is 7. The summed E-state index contributed by atoms with van der Waals surface area (Å²) in [6.45, 7) is 1.95. The zero-order valence-electron chi connectivity index (χ0n) is 17.9. The van der Waals surface area contributed by atoms with E-state index in [9.17, 15) is 17.6 Å². The van der Waals surface area contributed by atoms with Crippen LogP contribution in [0.5, 0.6) is 5.19 Å². The first-order valence-electron chi connectivity index (χ1n) is 11.0. The van der Waals surface area contributed by atoms with Gasteiger partial charge in [0.15, 0.2) is 0 Å². The van der Waals surface area contributed by atoms with Crippen LogP contribution in [0, 0.1) is 11.7 Å². The molecule has 0 aliphatic carbocycles. The van der Waals surface area contributed by atoms with Crippen molar-refractivity contribution in [3.05, 3.63) is 41.5 Å². The quantitative estimate of drug-likeness (QED) is 0.520. The standard InChI is InChI=1S/C22H24FN3O4S3/c23-16-3-4-18-19(14-16)32-22(24-18)30-17-7-9-25(10-8-17)21(27)15-5-11-26(12-6-15)33(28,29)20-2-1-13-31-20/h1-4,13-15,17H,5-12H2. The summed E-state index contributed by atoms with van der Waals surface area (Å²) >= 11 is 2.55. The van der Waals surface area contributed by atoms with Gasteiger partial charge < -0.3 is 9.64 Å². The minimum Gasteiger partial charge on any atom is -0.467 e. The van der Waals surface area contributed by atoms with Crippen LogP contribution in [0.15, 0.2) is 39.9 Å². The second kappa shape index (κ2) is 9.28. The van der Waals surface area contributed by atoms with Crippen LogP contribution >= 0.6 is 22.7 Å². The number of benzene rings is 1. The Morgan fingerprint density at radius 3 is 2.55 bits per heavy atom. The third-order valence-electron chi connectivity index (χ3n) is 6.24. The average molecular weight is 510 g/mol. The van der Waals surface area contributed by atoms with Gasteiger partial charge in [-0.3, -0.25) is 4.79 Å². The third kappa shape index (κ3) is 4.77. The molecule has 33 heavy (non-hydrogen) atoms. The second-order valence-corrected chi connectivity index (χ2v) is 12.5. The van der Waals surface area contributed by atoms with Gasteiger partial charge in [0.05, 0.1) is 10.2 Å². The van der Waals surface area contributed by atoms with Gasteiger partial charge in [0, 0.05) is 44.9 Å². The van der Waals surface area contributed by atoms with Crippen molar-refractivity contribution in [1.82, 2.24) is 14.2 Å². The maximum absolute atomic E-state index is 13.4. The minimum absolute atomic E-state index is 0.0303. The Labute approximate surface area is 199 Å². The van der Waals surface area contributed by atoms with E-state index in [1.165, 1.54) is 39.1 Å². The Kier molecular flexibility index (Phi) is 6.39. The number of rotatable bonds is 5. The first kappa shape index (κ1) is 22.7. The number of nitrogens with zero attached hydrogens (tertiary/aromatic N) is 3. The van der Waals surface area contributed by atoms with E-state index >= 15 is 0 Å². The van der Waals surface area contributed by atoms with Crippen LogP contribution in [0.4, 0.5) is 4.39 Å². The van der Waals surface area contributed by atoms with Gasteiger partial charge in [-0.2, -0.15) is 4.31 Å². The molecule has 11 heteroatoms. The second-order valence-electron chi connectivity index (χ2n) is 8.34. The van der Waals surface area contributed by atoms with Crippen LogP contribution in [-0.2, 0) is 14.8 Å². The highest BCUT2D eigenvalue weighted by atomic mass is 32.2. The van der Waals surface area contributed by atoms with Crippen molar-refractivity contribution >= 4 is 48.8 Å². The number of ether oxygens (including phenoxy) is 1. The van der Waals surface area contributed by atoms with Crippen LogP contribution in [0.1, 0.15) is 25.7 Å². The Hall–Kier alpha value is -2.08. The number of halogens is 1. The maximum Gasteiger partial charge on any atom is 0.274 e. The van der Waals surface area contributed by atoms with Crippen LogP contribution in [0.25, 0.3) is 10.2 Å². The molecule has 5 rings (SSSR count). The van der Waals surface area contributed by atoms with Crippen LogP contribution in [0.3, 0.4) is 0 Å². The summed E-state index contributed by atoms with van der Waals surface area (Å²) in [5.74, 6) is -0.326. The lowest BCUT2D eigenvalue weighted by Crippen LogP contribution is -2.47. The highest BCUT2D eigenvalue weighted by Gasteiger charge is 2.35. The molecule has 0 saturated carbocycles. The fourth-order valence-electron chi connectivity index (χ4n) is 4.40. The lowest BCUT2D eigenvalue weighted by molar-refractivity contribution is -0.138. The minimum atomic E-state index is -3.46. The first-order valence-corrected chi connectivity index (χ1v) is 14.1. The van der Waals surface area contributed by atoms with E-state index < -0.39 is 10.0 Å². The molecule has 2 saturated heterocycles. The molecule has 1 aromatic carbocycles. The number of thiazole rings is 1. The SMILES string of the molecule is O=C(C1CCN(S(=O)(=O)c2cccs2)CC1)N1CCC(Oc2nc3ccc(F)cc3s2)CC1. The molecule has 0 radical (unpaired) electrons. The van der Waals surface area contributed by atoms with Crippen LogP contribution in [-0.4, -0.2) is 60.8 Å². The maximum atomic E-state index is 13.4. The number of fused-ring (bicyclic) bond motifs is 1. The summed E-state index contributed by atoms with van der Waals surface area (Å²) in [4.78, 5) is 19.3. The Morgan fingerprint density at radius 1 is 1.09 bits per heavy atom. The largest absolute Gasteiger partial charge is 0.467 e. The van der Waals surface area contributed by atoms with Crippen LogP contribution < -0.4 is 4.74 Å².